The van der Waals surface area contributed by atoms with Crippen LogP contribution in [0.15, 0.2) is 36.5 Å². The first-order chi connectivity index (χ1) is 10.1. The fourth-order valence-corrected chi connectivity index (χ4v) is 2.05. The molecular formula is C15H10Cl2N2O2. The molecular weight excluding hydrogens is 311 g/mol. The highest BCUT2D eigenvalue weighted by Crippen LogP contribution is 2.25. The Morgan fingerprint density at radius 1 is 1.33 bits per heavy atom. The first kappa shape index (κ1) is 15.3. The summed E-state index contributed by atoms with van der Waals surface area (Å²) in [6, 6.07) is 8.06. The number of hydrogen-bond donors (Lipinski definition) is 2. The molecule has 2 rings (SSSR count). The lowest BCUT2D eigenvalue weighted by molar-refractivity contribution is 0.102. The molecule has 0 atom stereocenters. The van der Waals surface area contributed by atoms with Gasteiger partial charge in [0.1, 0.15) is 12.3 Å². The standard InChI is InChI=1S/C15H10Cl2N2O2/c16-11-5-6-13(12(17)9-11)19-15(21)14-10(4-2-8-20)3-1-7-18-14/h1,3,5-7,9,20H,8H2,(H,19,21). The van der Waals surface area contributed by atoms with Gasteiger partial charge in [0.25, 0.3) is 5.91 Å². The van der Waals surface area contributed by atoms with Crippen molar-refractivity contribution in [2.75, 3.05) is 11.9 Å². The van der Waals surface area contributed by atoms with Gasteiger partial charge in [0, 0.05) is 11.2 Å². The largest absolute Gasteiger partial charge is 0.384 e. The van der Waals surface area contributed by atoms with Crippen molar-refractivity contribution in [3.63, 3.8) is 0 Å². The van der Waals surface area contributed by atoms with Crippen LogP contribution in [0.1, 0.15) is 16.1 Å². The second-order valence-electron chi connectivity index (χ2n) is 3.94. The maximum atomic E-state index is 12.2. The molecule has 2 aromatic rings. The number of rotatable bonds is 2. The quantitative estimate of drug-likeness (QED) is 0.836. The normalized spacial score (nSPS) is 9.67. The Morgan fingerprint density at radius 3 is 2.86 bits per heavy atom. The van der Waals surface area contributed by atoms with Crippen LogP contribution in [0.25, 0.3) is 0 Å². The van der Waals surface area contributed by atoms with Crippen molar-refractivity contribution < 1.29 is 9.90 Å². The first-order valence-corrected chi connectivity index (χ1v) is 6.68. The summed E-state index contributed by atoms with van der Waals surface area (Å²) in [5.41, 5.74) is 1.01. The van der Waals surface area contributed by atoms with Crippen LogP contribution in [0.2, 0.25) is 10.0 Å². The Labute approximate surface area is 131 Å². The van der Waals surface area contributed by atoms with E-state index in [1.807, 2.05) is 0 Å². The Bertz CT molecular complexity index is 736. The molecule has 106 valence electrons. The van der Waals surface area contributed by atoms with E-state index in [0.29, 0.717) is 21.3 Å². The maximum absolute atomic E-state index is 12.2. The van der Waals surface area contributed by atoms with Crippen LogP contribution in [-0.2, 0) is 0 Å². The zero-order valence-electron chi connectivity index (χ0n) is 10.7. The minimum absolute atomic E-state index is 0.157. The number of aliphatic hydroxyl groups is 1. The summed E-state index contributed by atoms with van der Waals surface area (Å²) in [7, 11) is 0. The Hall–Kier alpha value is -2.06. The summed E-state index contributed by atoms with van der Waals surface area (Å²) in [5, 5.41) is 12.2. The number of anilines is 1. The molecule has 4 nitrogen and oxygen atoms in total. The van der Waals surface area contributed by atoms with Crippen molar-refractivity contribution in [2.24, 2.45) is 0 Å². The third-order valence-corrected chi connectivity index (χ3v) is 3.05. The van der Waals surface area contributed by atoms with E-state index in [0.717, 1.165) is 0 Å². The molecule has 0 radical (unpaired) electrons. The van der Waals surface area contributed by atoms with Gasteiger partial charge >= 0.3 is 0 Å². The molecule has 0 aliphatic carbocycles. The number of pyridine rings is 1. The molecule has 0 unspecified atom stereocenters. The molecule has 0 spiro atoms. The lowest BCUT2D eigenvalue weighted by Crippen LogP contribution is -2.15. The number of hydrogen-bond acceptors (Lipinski definition) is 3. The third kappa shape index (κ3) is 3.96. The molecule has 0 saturated carbocycles. The number of nitrogens with zero attached hydrogens (tertiary/aromatic N) is 1. The maximum Gasteiger partial charge on any atom is 0.275 e. The van der Waals surface area contributed by atoms with Crippen molar-refractivity contribution in [2.45, 2.75) is 0 Å². The van der Waals surface area contributed by atoms with Crippen molar-refractivity contribution in [3.8, 4) is 11.8 Å². The number of benzene rings is 1. The summed E-state index contributed by atoms with van der Waals surface area (Å²) < 4.78 is 0. The number of aromatic nitrogens is 1. The molecule has 0 fully saturated rings. The monoisotopic (exact) mass is 320 g/mol. The zero-order valence-corrected chi connectivity index (χ0v) is 12.2. The van der Waals surface area contributed by atoms with E-state index in [4.69, 9.17) is 28.3 Å². The molecule has 0 aliphatic heterocycles. The van der Waals surface area contributed by atoms with Gasteiger partial charge in [0.15, 0.2) is 0 Å². The van der Waals surface area contributed by atoms with Crippen LogP contribution in [0, 0.1) is 11.8 Å². The van der Waals surface area contributed by atoms with Crippen molar-refractivity contribution in [3.05, 3.63) is 57.8 Å². The minimum atomic E-state index is -0.443. The Kier molecular flexibility index (Phi) is 5.18. The molecule has 2 N–H and O–H groups in total. The van der Waals surface area contributed by atoms with Gasteiger partial charge in [-0.25, -0.2) is 4.98 Å². The van der Waals surface area contributed by atoms with E-state index in [1.165, 1.54) is 12.3 Å². The van der Waals surface area contributed by atoms with E-state index in [1.54, 1.807) is 24.3 Å². The number of amides is 1. The van der Waals surface area contributed by atoms with E-state index in [2.05, 4.69) is 22.1 Å². The predicted octanol–water partition coefficient (Wildman–Crippen LogP) is 2.98. The highest BCUT2D eigenvalue weighted by atomic mass is 35.5. The number of carbonyl (C=O) groups is 1. The summed E-state index contributed by atoms with van der Waals surface area (Å²) in [4.78, 5) is 16.2. The van der Waals surface area contributed by atoms with Crippen molar-refractivity contribution in [1.82, 2.24) is 4.98 Å². The van der Waals surface area contributed by atoms with Gasteiger partial charge in [-0.1, -0.05) is 35.0 Å². The third-order valence-electron chi connectivity index (χ3n) is 2.50. The fraction of sp³-hybridized carbons (Fsp3) is 0.0667. The second kappa shape index (κ2) is 7.09. The van der Waals surface area contributed by atoms with Gasteiger partial charge in [0.2, 0.25) is 0 Å². The average Bonchev–Trinajstić information content (AvgIpc) is 2.48. The summed E-state index contributed by atoms with van der Waals surface area (Å²) in [5.74, 6) is 4.72. The molecule has 1 aromatic heterocycles. The summed E-state index contributed by atoms with van der Waals surface area (Å²) >= 11 is 11.8. The zero-order chi connectivity index (χ0) is 15.2. The van der Waals surface area contributed by atoms with E-state index in [9.17, 15) is 4.79 Å². The molecule has 1 aromatic carbocycles. The highest BCUT2D eigenvalue weighted by molar-refractivity contribution is 6.36. The molecule has 6 heteroatoms. The van der Waals surface area contributed by atoms with Gasteiger partial charge in [-0.05, 0) is 30.3 Å². The van der Waals surface area contributed by atoms with Gasteiger partial charge in [-0.3, -0.25) is 4.79 Å². The number of nitrogens with one attached hydrogen (secondary N) is 1. The molecule has 1 heterocycles. The van der Waals surface area contributed by atoms with Crippen LogP contribution >= 0.6 is 23.2 Å². The van der Waals surface area contributed by atoms with Crippen LogP contribution < -0.4 is 5.32 Å². The van der Waals surface area contributed by atoms with Crippen LogP contribution in [-0.4, -0.2) is 22.6 Å². The Morgan fingerprint density at radius 2 is 2.14 bits per heavy atom. The predicted molar refractivity (Wildman–Crippen MR) is 82.6 cm³/mol. The van der Waals surface area contributed by atoms with Crippen molar-refractivity contribution >= 4 is 34.8 Å². The first-order valence-electron chi connectivity index (χ1n) is 5.93. The molecule has 21 heavy (non-hydrogen) atoms. The van der Waals surface area contributed by atoms with Gasteiger partial charge in [-0.2, -0.15) is 0 Å². The van der Waals surface area contributed by atoms with Crippen LogP contribution in [0.4, 0.5) is 5.69 Å². The number of aliphatic hydroxyl groups excluding tert-OH is 1. The van der Waals surface area contributed by atoms with Gasteiger partial charge < -0.3 is 10.4 Å². The van der Waals surface area contributed by atoms with Gasteiger partial charge in [-0.15, -0.1) is 0 Å². The lowest BCUT2D eigenvalue weighted by atomic mass is 10.2. The summed E-state index contributed by atoms with van der Waals surface area (Å²) in [6.45, 7) is -0.293. The summed E-state index contributed by atoms with van der Waals surface area (Å²) in [6.07, 6.45) is 1.49. The Balaban J connectivity index is 2.28. The average molecular weight is 321 g/mol. The van der Waals surface area contributed by atoms with E-state index < -0.39 is 5.91 Å². The molecule has 0 aliphatic rings. The SMILES string of the molecule is O=C(Nc1ccc(Cl)cc1Cl)c1ncccc1C#CCO. The van der Waals surface area contributed by atoms with Crippen LogP contribution in [0.5, 0.6) is 0 Å². The minimum Gasteiger partial charge on any atom is -0.384 e. The number of carbonyl (C=O) groups excluding carboxylic acids is 1. The van der Waals surface area contributed by atoms with Crippen molar-refractivity contribution in [1.29, 1.82) is 0 Å². The molecule has 0 bridgehead atoms. The molecule has 1 amide bonds. The van der Waals surface area contributed by atoms with E-state index in [-0.39, 0.29) is 12.3 Å². The molecule has 0 saturated heterocycles. The topological polar surface area (TPSA) is 62.2 Å². The van der Waals surface area contributed by atoms with Crippen LogP contribution in [0.3, 0.4) is 0 Å². The number of halogens is 2. The van der Waals surface area contributed by atoms with Gasteiger partial charge in [0.05, 0.1) is 16.3 Å². The smallest absolute Gasteiger partial charge is 0.275 e. The fourth-order valence-electron chi connectivity index (χ4n) is 1.59. The second-order valence-corrected chi connectivity index (χ2v) is 4.78. The highest BCUT2D eigenvalue weighted by Gasteiger charge is 2.13. The lowest BCUT2D eigenvalue weighted by Gasteiger charge is -2.08. The van der Waals surface area contributed by atoms with E-state index >= 15 is 0 Å².